The van der Waals surface area contributed by atoms with Gasteiger partial charge in [0.15, 0.2) is 0 Å². The Bertz CT molecular complexity index is 531. The summed E-state index contributed by atoms with van der Waals surface area (Å²) in [4.78, 5) is 14.7. The molecule has 1 N–H and O–H groups in total. The Morgan fingerprint density at radius 3 is 2.56 bits per heavy atom. The SMILES string of the molecule is Cc1ccc(-c2nc(Cl)oc2C(=O)O)cc1. The largest absolute Gasteiger partial charge is 0.475 e. The van der Waals surface area contributed by atoms with Gasteiger partial charge in [0.1, 0.15) is 5.69 Å². The third kappa shape index (κ3) is 1.92. The summed E-state index contributed by atoms with van der Waals surface area (Å²) in [6.45, 7) is 1.94. The summed E-state index contributed by atoms with van der Waals surface area (Å²) in [5.74, 6) is -1.43. The van der Waals surface area contributed by atoms with Crippen LogP contribution in [0.5, 0.6) is 0 Å². The maximum atomic E-state index is 10.9. The van der Waals surface area contributed by atoms with Gasteiger partial charge in [-0.2, -0.15) is 4.98 Å². The molecule has 5 heteroatoms. The van der Waals surface area contributed by atoms with E-state index in [0.29, 0.717) is 5.56 Å². The minimum Gasteiger partial charge on any atom is -0.475 e. The van der Waals surface area contributed by atoms with Gasteiger partial charge < -0.3 is 9.52 Å². The van der Waals surface area contributed by atoms with Crippen LogP contribution in [0, 0.1) is 6.92 Å². The molecule has 0 aliphatic carbocycles. The number of hydrogen-bond donors (Lipinski definition) is 1. The van der Waals surface area contributed by atoms with E-state index in [2.05, 4.69) is 4.98 Å². The highest BCUT2D eigenvalue weighted by atomic mass is 35.5. The minimum absolute atomic E-state index is 0.173. The van der Waals surface area contributed by atoms with Crippen LogP contribution in [0.15, 0.2) is 28.7 Å². The summed E-state index contributed by atoms with van der Waals surface area (Å²) in [5, 5.41) is 8.73. The Morgan fingerprint density at radius 2 is 2.00 bits per heavy atom. The van der Waals surface area contributed by atoms with Crippen LogP contribution in [0.1, 0.15) is 16.1 Å². The van der Waals surface area contributed by atoms with Gasteiger partial charge in [-0.15, -0.1) is 0 Å². The summed E-state index contributed by atoms with van der Waals surface area (Å²) in [7, 11) is 0. The first-order valence-corrected chi connectivity index (χ1v) is 4.92. The van der Waals surface area contributed by atoms with E-state index in [4.69, 9.17) is 21.1 Å². The molecule has 2 aromatic rings. The van der Waals surface area contributed by atoms with Crippen molar-refractivity contribution < 1.29 is 14.3 Å². The van der Waals surface area contributed by atoms with Crippen molar-refractivity contribution in [3.63, 3.8) is 0 Å². The number of carbonyl (C=O) groups is 1. The molecule has 0 fully saturated rings. The second-order valence-electron chi connectivity index (χ2n) is 3.32. The van der Waals surface area contributed by atoms with Gasteiger partial charge in [-0.1, -0.05) is 29.8 Å². The van der Waals surface area contributed by atoms with Gasteiger partial charge in [-0.3, -0.25) is 0 Å². The van der Waals surface area contributed by atoms with Crippen molar-refractivity contribution in [3.05, 3.63) is 40.9 Å². The predicted octanol–water partition coefficient (Wildman–Crippen LogP) is 3.00. The first-order chi connectivity index (χ1) is 7.58. The van der Waals surface area contributed by atoms with Gasteiger partial charge in [0, 0.05) is 5.56 Å². The predicted molar refractivity (Wildman–Crippen MR) is 58.6 cm³/mol. The number of aromatic carboxylic acids is 1. The van der Waals surface area contributed by atoms with Crippen LogP contribution < -0.4 is 0 Å². The monoisotopic (exact) mass is 237 g/mol. The second kappa shape index (κ2) is 3.98. The van der Waals surface area contributed by atoms with E-state index < -0.39 is 5.97 Å². The molecule has 4 nitrogen and oxygen atoms in total. The van der Waals surface area contributed by atoms with Crippen molar-refractivity contribution in [2.45, 2.75) is 6.92 Å². The number of nitrogens with zero attached hydrogens (tertiary/aromatic N) is 1. The van der Waals surface area contributed by atoms with E-state index in [0.717, 1.165) is 5.56 Å². The molecule has 82 valence electrons. The van der Waals surface area contributed by atoms with E-state index >= 15 is 0 Å². The number of halogens is 1. The van der Waals surface area contributed by atoms with Crippen LogP contribution in [0.25, 0.3) is 11.3 Å². The number of aryl methyl sites for hydroxylation is 1. The summed E-state index contributed by atoms with van der Waals surface area (Å²) in [5.41, 5.74) is 1.99. The van der Waals surface area contributed by atoms with Gasteiger partial charge in [0.2, 0.25) is 5.76 Å². The van der Waals surface area contributed by atoms with Crippen LogP contribution in [0.3, 0.4) is 0 Å². The average molecular weight is 238 g/mol. The number of rotatable bonds is 2. The van der Waals surface area contributed by atoms with E-state index in [1.165, 1.54) is 0 Å². The Balaban J connectivity index is 2.55. The molecule has 1 aromatic carbocycles. The Labute approximate surface area is 96.5 Å². The number of hydrogen-bond acceptors (Lipinski definition) is 3. The molecular weight excluding hydrogens is 230 g/mol. The van der Waals surface area contributed by atoms with E-state index in [-0.39, 0.29) is 16.8 Å². The number of benzene rings is 1. The first-order valence-electron chi connectivity index (χ1n) is 4.54. The van der Waals surface area contributed by atoms with E-state index in [9.17, 15) is 4.79 Å². The van der Waals surface area contributed by atoms with Crippen molar-refractivity contribution in [2.24, 2.45) is 0 Å². The smallest absolute Gasteiger partial charge is 0.374 e. The zero-order valence-electron chi connectivity index (χ0n) is 8.40. The average Bonchev–Trinajstić information content (AvgIpc) is 2.61. The van der Waals surface area contributed by atoms with Gasteiger partial charge >= 0.3 is 5.97 Å². The van der Waals surface area contributed by atoms with Gasteiger partial charge in [0.25, 0.3) is 5.35 Å². The fourth-order valence-corrected chi connectivity index (χ4v) is 1.51. The molecule has 0 amide bonds. The lowest BCUT2D eigenvalue weighted by Crippen LogP contribution is -1.96. The van der Waals surface area contributed by atoms with Crippen molar-refractivity contribution in [1.29, 1.82) is 0 Å². The summed E-state index contributed by atoms with van der Waals surface area (Å²) in [6, 6.07) is 7.28. The van der Waals surface area contributed by atoms with Crippen molar-refractivity contribution >= 4 is 17.6 Å². The molecule has 0 saturated carbocycles. The molecular formula is C11H8ClNO3. The Kier molecular flexibility index (Phi) is 2.66. The van der Waals surface area contributed by atoms with Crippen LogP contribution in [0.2, 0.25) is 5.35 Å². The highest BCUT2D eigenvalue weighted by molar-refractivity contribution is 6.28. The van der Waals surface area contributed by atoms with E-state index in [1.54, 1.807) is 12.1 Å². The first kappa shape index (κ1) is 10.7. The molecule has 0 atom stereocenters. The minimum atomic E-state index is -1.19. The number of carboxylic acids is 1. The normalized spacial score (nSPS) is 10.4. The molecule has 2 rings (SSSR count). The summed E-state index contributed by atoms with van der Waals surface area (Å²) in [6.07, 6.45) is 0. The lowest BCUT2D eigenvalue weighted by atomic mass is 10.1. The summed E-state index contributed by atoms with van der Waals surface area (Å²) < 4.78 is 4.82. The molecule has 1 heterocycles. The zero-order valence-corrected chi connectivity index (χ0v) is 9.15. The van der Waals surface area contributed by atoms with Crippen LogP contribution in [0.4, 0.5) is 0 Å². The highest BCUT2D eigenvalue weighted by Gasteiger charge is 2.19. The van der Waals surface area contributed by atoms with Crippen molar-refractivity contribution in [1.82, 2.24) is 4.98 Å². The quantitative estimate of drug-likeness (QED) is 0.872. The molecule has 0 aliphatic heterocycles. The number of carboxylic acid groups (broad SMARTS) is 1. The molecule has 0 bridgehead atoms. The Morgan fingerprint density at radius 1 is 1.38 bits per heavy atom. The molecule has 1 aromatic heterocycles. The molecule has 0 unspecified atom stereocenters. The van der Waals surface area contributed by atoms with Crippen molar-refractivity contribution in [2.75, 3.05) is 0 Å². The zero-order chi connectivity index (χ0) is 11.7. The molecule has 0 saturated heterocycles. The second-order valence-corrected chi connectivity index (χ2v) is 3.64. The molecule has 0 spiro atoms. The third-order valence-corrected chi connectivity index (χ3v) is 2.28. The van der Waals surface area contributed by atoms with Gasteiger partial charge in [-0.25, -0.2) is 4.79 Å². The maximum absolute atomic E-state index is 10.9. The van der Waals surface area contributed by atoms with Crippen LogP contribution >= 0.6 is 11.6 Å². The van der Waals surface area contributed by atoms with Crippen LogP contribution in [-0.2, 0) is 0 Å². The fourth-order valence-electron chi connectivity index (χ4n) is 1.35. The number of oxazole rings is 1. The standard InChI is InChI=1S/C11H8ClNO3/c1-6-2-4-7(5-3-6)8-9(10(14)15)16-11(12)13-8/h2-5H,1H3,(H,14,15). The third-order valence-electron chi connectivity index (χ3n) is 2.12. The lowest BCUT2D eigenvalue weighted by Gasteiger charge is -1.98. The molecule has 16 heavy (non-hydrogen) atoms. The van der Waals surface area contributed by atoms with E-state index in [1.807, 2.05) is 19.1 Å². The fraction of sp³-hybridized carbons (Fsp3) is 0.0909. The Hall–Kier alpha value is -1.81. The van der Waals surface area contributed by atoms with Crippen LogP contribution in [-0.4, -0.2) is 16.1 Å². The summed E-state index contributed by atoms with van der Waals surface area (Å²) >= 11 is 5.55. The lowest BCUT2D eigenvalue weighted by molar-refractivity contribution is 0.0663. The highest BCUT2D eigenvalue weighted by Crippen LogP contribution is 2.26. The molecule has 0 radical (unpaired) electrons. The van der Waals surface area contributed by atoms with Gasteiger partial charge in [-0.05, 0) is 18.5 Å². The van der Waals surface area contributed by atoms with Gasteiger partial charge in [0.05, 0.1) is 0 Å². The number of aromatic nitrogens is 1. The molecule has 0 aliphatic rings. The topological polar surface area (TPSA) is 63.3 Å². The van der Waals surface area contributed by atoms with Crippen molar-refractivity contribution in [3.8, 4) is 11.3 Å². The maximum Gasteiger partial charge on any atom is 0.374 e.